The number of esters is 1. The van der Waals surface area contributed by atoms with Crippen LogP contribution in [0.15, 0.2) is 47.1 Å². The Morgan fingerprint density at radius 1 is 1.16 bits per heavy atom. The number of nitrogens with zero attached hydrogens (tertiary/aromatic N) is 1. The average molecular weight is 444 g/mol. The number of furan rings is 1. The van der Waals surface area contributed by atoms with E-state index in [1.54, 1.807) is 41.9 Å². The smallest absolute Gasteiger partial charge is 0.405 e. The topological polar surface area (TPSA) is 81.4 Å². The second-order valence-corrected chi connectivity index (χ2v) is 7.34. The van der Waals surface area contributed by atoms with Crippen molar-refractivity contribution in [2.75, 3.05) is 13.2 Å². The molecule has 32 heavy (non-hydrogen) atoms. The van der Waals surface area contributed by atoms with Crippen LogP contribution in [0.5, 0.6) is 0 Å². The van der Waals surface area contributed by atoms with Crippen LogP contribution < -0.4 is 5.32 Å². The van der Waals surface area contributed by atoms with Gasteiger partial charge in [-0.3, -0.25) is 4.79 Å². The van der Waals surface area contributed by atoms with E-state index in [9.17, 15) is 22.8 Å². The van der Waals surface area contributed by atoms with Crippen molar-refractivity contribution in [2.45, 2.75) is 25.4 Å². The largest absolute Gasteiger partial charge is 0.465 e. The highest BCUT2D eigenvalue weighted by Gasteiger charge is 2.29. The summed E-state index contributed by atoms with van der Waals surface area (Å²) in [5, 5.41) is 2.25. The van der Waals surface area contributed by atoms with Gasteiger partial charge in [0.25, 0.3) is 5.91 Å². The standard InChI is InChI=1S/C23H19F3N2O4/c24-23(25,26)13-27-19(29)12-32-22(30)20-16-7-1-2-9-18(16)28-21-14(5-3-8-17(20)21)11-15-6-4-10-31-15/h1-2,4,6-7,9-11H,3,5,8,12-13H2,(H,27,29)/b14-11-. The number of halogens is 3. The number of para-hydroxylation sites is 1. The van der Waals surface area contributed by atoms with Gasteiger partial charge in [-0.1, -0.05) is 18.2 Å². The van der Waals surface area contributed by atoms with Crippen molar-refractivity contribution in [2.24, 2.45) is 0 Å². The molecule has 0 aliphatic heterocycles. The van der Waals surface area contributed by atoms with Crippen LogP contribution in [-0.2, 0) is 16.0 Å². The van der Waals surface area contributed by atoms with Gasteiger partial charge in [-0.05, 0) is 54.7 Å². The molecule has 2 aromatic heterocycles. The van der Waals surface area contributed by atoms with Crippen molar-refractivity contribution in [3.05, 3.63) is 65.2 Å². The first-order valence-electron chi connectivity index (χ1n) is 9.98. The minimum atomic E-state index is -4.54. The third kappa shape index (κ3) is 4.82. The van der Waals surface area contributed by atoms with Crippen LogP contribution >= 0.6 is 0 Å². The molecule has 9 heteroatoms. The molecular weight excluding hydrogens is 425 g/mol. The predicted octanol–water partition coefficient (Wildman–Crippen LogP) is 4.54. The summed E-state index contributed by atoms with van der Waals surface area (Å²) >= 11 is 0. The van der Waals surface area contributed by atoms with E-state index in [1.807, 2.05) is 12.1 Å². The number of carbonyl (C=O) groups is 2. The van der Waals surface area contributed by atoms with Crippen molar-refractivity contribution in [1.29, 1.82) is 0 Å². The molecular formula is C23H19F3N2O4. The molecule has 0 atom stereocenters. The third-order valence-electron chi connectivity index (χ3n) is 5.05. The fourth-order valence-electron chi connectivity index (χ4n) is 3.71. The lowest BCUT2D eigenvalue weighted by Gasteiger charge is -2.22. The van der Waals surface area contributed by atoms with Gasteiger partial charge in [0, 0.05) is 5.39 Å². The van der Waals surface area contributed by atoms with Crippen molar-refractivity contribution in [3.8, 4) is 0 Å². The van der Waals surface area contributed by atoms with Crippen LogP contribution in [0, 0.1) is 0 Å². The number of alkyl halides is 3. The summed E-state index contributed by atoms with van der Waals surface area (Å²) in [4.78, 5) is 29.4. The maximum Gasteiger partial charge on any atom is 0.405 e. The van der Waals surface area contributed by atoms with Crippen molar-refractivity contribution >= 4 is 34.4 Å². The zero-order valence-electron chi connectivity index (χ0n) is 16.9. The summed E-state index contributed by atoms with van der Waals surface area (Å²) in [5.41, 5.74) is 3.10. The van der Waals surface area contributed by atoms with Gasteiger partial charge in [0.1, 0.15) is 12.3 Å². The van der Waals surface area contributed by atoms with Crippen molar-refractivity contribution in [1.82, 2.24) is 10.3 Å². The summed E-state index contributed by atoms with van der Waals surface area (Å²) < 4.78 is 47.3. The lowest BCUT2D eigenvalue weighted by molar-refractivity contribution is -0.140. The maximum atomic E-state index is 13.0. The molecule has 1 aliphatic rings. The van der Waals surface area contributed by atoms with E-state index < -0.39 is 31.2 Å². The number of benzene rings is 1. The predicted molar refractivity (Wildman–Crippen MR) is 111 cm³/mol. The van der Waals surface area contributed by atoms with Crippen LogP contribution in [0.1, 0.15) is 40.2 Å². The molecule has 166 valence electrons. The monoisotopic (exact) mass is 444 g/mol. The normalized spacial score (nSPS) is 14.9. The van der Waals surface area contributed by atoms with E-state index in [-0.39, 0.29) is 5.56 Å². The van der Waals surface area contributed by atoms with Gasteiger partial charge in [-0.15, -0.1) is 0 Å². The molecule has 0 spiro atoms. The van der Waals surface area contributed by atoms with Gasteiger partial charge in [-0.25, -0.2) is 9.78 Å². The maximum absolute atomic E-state index is 13.0. The Bertz CT molecular complexity index is 1180. The molecule has 6 nitrogen and oxygen atoms in total. The molecule has 1 amide bonds. The van der Waals surface area contributed by atoms with E-state index in [1.165, 1.54) is 0 Å². The number of amides is 1. The van der Waals surface area contributed by atoms with Crippen molar-refractivity contribution < 1.29 is 31.9 Å². The number of pyridine rings is 1. The number of rotatable bonds is 5. The van der Waals surface area contributed by atoms with Gasteiger partial charge in [0.2, 0.25) is 0 Å². The third-order valence-corrected chi connectivity index (χ3v) is 5.05. The zero-order chi connectivity index (χ0) is 22.7. The van der Waals surface area contributed by atoms with Crippen molar-refractivity contribution in [3.63, 3.8) is 0 Å². The number of aromatic nitrogens is 1. The van der Waals surface area contributed by atoms with Gasteiger partial charge < -0.3 is 14.5 Å². The number of ether oxygens (including phenoxy) is 1. The Labute approximate surface area is 181 Å². The number of hydrogen-bond donors (Lipinski definition) is 1. The zero-order valence-corrected chi connectivity index (χ0v) is 16.9. The summed E-state index contributed by atoms with van der Waals surface area (Å²) in [5.74, 6) is -1.14. The Hall–Kier alpha value is -3.62. The fraction of sp³-hybridized carbons (Fsp3) is 0.261. The van der Waals surface area contributed by atoms with Gasteiger partial charge in [0.05, 0.1) is 23.0 Å². The Kier molecular flexibility index (Phi) is 5.98. The van der Waals surface area contributed by atoms with E-state index >= 15 is 0 Å². The van der Waals surface area contributed by atoms with Gasteiger partial charge >= 0.3 is 12.1 Å². The molecule has 0 bridgehead atoms. The van der Waals surface area contributed by atoms with Crippen LogP contribution in [0.3, 0.4) is 0 Å². The summed E-state index contributed by atoms with van der Waals surface area (Å²) in [6.07, 6.45) is 0.986. The SMILES string of the molecule is O=C(COC(=O)c1c2c(nc3ccccc13)/C(=C\c1ccco1)CCC2)NCC(F)(F)F. The Morgan fingerprint density at radius 3 is 2.72 bits per heavy atom. The van der Waals surface area contributed by atoms with Gasteiger partial charge in [-0.2, -0.15) is 13.2 Å². The molecule has 0 saturated heterocycles. The molecule has 0 saturated carbocycles. The van der Waals surface area contributed by atoms with E-state index in [2.05, 4.69) is 0 Å². The fourth-order valence-corrected chi connectivity index (χ4v) is 3.71. The minimum Gasteiger partial charge on any atom is -0.465 e. The Balaban J connectivity index is 1.67. The highest BCUT2D eigenvalue weighted by molar-refractivity contribution is 6.07. The van der Waals surface area contributed by atoms with Crippen LogP contribution in [0.25, 0.3) is 22.6 Å². The number of carbonyl (C=O) groups excluding carboxylic acids is 2. The van der Waals surface area contributed by atoms with Gasteiger partial charge in [0.15, 0.2) is 6.61 Å². The molecule has 0 unspecified atom stereocenters. The quantitative estimate of drug-likeness (QED) is 0.585. The molecule has 1 aliphatic carbocycles. The summed E-state index contributed by atoms with van der Waals surface area (Å²) in [6.45, 7) is -2.30. The van der Waals surface area contributed by atoms with E-state index in [0.717, 1.165) is 18.4 Å². The molecule has 0 radical (unpaired) electrons. The first kappa shape index (κ1) is 21.6. The minimum absolute atomic E-state index is 0.277. The van der Waals surface area contributed by atoms with E-state index in [0.29, 0.717) is 34.3 Å². The lowest BCUT2D eigenvalue weighted by atomic mass is 9.86. The molecule has 3 aromatic rings. The molecule has 1 N–H and O–H groups in total. The van der Waals surface area contributed by atoms with Crippen LogP contribution in [0.4, 0.5) is 13.2 Å². The summed E-state index contributed by atoms with van der Waals surface area (Å²) in [6, 6.07) is 10.6. The second-order valence-electron chi connectivity index (χ2n) is 7.34. The molecule has 4 rings (SSSR count). The highest BCUT2D eigenvalue weighted by atomic mass is 19.4. The molecule has 0 fully saturated rings. The number of allylic oxidation sites excluding steroid dienone is 1. The number of hydrogen-bond acceptors (Lipinski definition) is 5. The Morgan fingerprint density at radius 2 is 1.97 bits per heavy atom. The number of nitrogens with one attached hydrogen (secondary N) is 1. The highest BCUT2D eigenvalue weighted by Crippen LogP contribution is 2.36. The lowest BCUT2D eigenvalue weighted by Crippen LogP contribution is -2.36. The first-order chi connectivity index (χ1) is 15.3. The summed E-state index contributed by atoms with van der Waals surface area (Å²) in [7, 11) is 0. The first-order valence-corrected chi connectivity index (χ1v) is 9.98. The second kappa shape index (κ2) is 8.86. The molecule has 2 heterocycles. The number of fused-ring (bicyclic) bond motifs is 2. The van der Waals surface area contributed by atoms with E-state index in [4.69, 9.17) is 14.1 Å². The van der Waals surface area contributed by atoms with Crippen LogP contribution in [-0.4, -0.2) is 36.2 Å². The molecule has 1 aromatic carbocycles. The van der Waals surface area contributed by atoms with Crippen LogP contribution in [0.2, 0.25) is 0 Å². The average Bonchev–Trinajstić information content (AvgIpc) is 3.27.